The summed E-state index contributed by atoms with van der Waals surface area (Å²) in [5, 5.41) is 0. The van der Waals surface area contributed by atoms with Crippen LogP contribution in [0.2, 0.25) is 0 Å². The molecule has 0 spiro atoms. The Balaban J connectivity index is 2.51. The molecule has 0 atom stereocenters. The van der Waals surface area contributed by atoms with Gasteiger partial charge in [0.15, 0.2) is 9.84 Å². The maximum atomic E-state index is 12.8. The van der Waals surface area contributed by atoms with E-state index in [1.54, 1.807) is 30.3 Å². The predicted molar refractivity (Wildman–Crippen MR) is 69.7 cm³/mol. The first-order valence-corrected chi connectivity index (χ1v) is 7.34. The molecular formula is C14H13FO2S. The van der Waals surface area contributed by atoms with Gasteiger partial charge < -0.3 is 0 Å². The van der Waals surface area contributed by atoms with Crippen LogP contribution in [0.5, 0.6) is 0 Å². The highest BCUT2D eigenvalue weighted by Crippen LogP contribution is 2.25. The molecule has 0 radical (unpaired) electrons. The zero-order chi connectivity index (χ0) is 13.3. The Morgan fingerprint density at radius 1 is 1.00 bits per heavy atom. The van der Waals surface area contributed by atoms with E-state index < -0.39 is 9.84 Å². The number of aryl methyl sites for hydroxylation is 1. The predicted octanol–water partition coefficient (Wildman–Crippen LogP) is 3.20. The summed E-state index contributed by atoms with van der Waals surface area (Å²) in [6.45, 7) is 1.84. The normalized spacial score (nSPS) is 11.5. The maximum Gasteiger partial charge on any atom is 0.175 e. The Bertz CT molecular complexity index is 673. The van der Waals surface area contributed by atoms with E-state index in [0.717, 1.165) is 16.7 Å². The molecule has 0 saturated heterocycles. The van der Waals surface area contributed by atoms with Crippen LogP contribution in [0.25, 0.3) is 11.1 Å². The van der Waals surface area contributed by atoms with Gasteiger partial charge in [0.25, 0.3) is 0 Å². The van der Waals surface area contributed by atoms with Gasteiger partial charge in [-0.3, -0.25) is 0 Å². The van der Waals surface area contributed by atoms with Gasteiger partial charge in [0.05, 0.1) is 4.90 Å². The SMILES string of the molecule is Cc1cc(S(C)(=O)=O)ccc1-c1ccc(F)cc1. The standard InChI is InChI=1S/C14H13FO2S/c1-10-9-13(18(2,16)17)7-8-14(10)11-3-5-12(15)6-4-11/h3-9H,1-2H3. The monoisotopic (exact) mass is 264 g/mol. The first kappa shape index (κ1) is 12.8. The summed E-state index contributed by atoms with van der Waals surface area (Å²) in [5.74, 6) is -0.288. The summed E-state index contributed by atoms with van der Waals surface area (Å²) >= 11 is 0. The molecule has 4 heteroatoms. The second-order valence-corrected chi connectivity index (χ2v) is 6.27. The highest BCUT2D eigenvalue weighted by molar-refractivity contribution is 7.90. The van der Waals surface area contributed by atoms with Crippen molar-refractivity contribution in [3.8, 4) is 11.1 Å². The van der Waals surface area contributed by atoms with Crippen molar-refractivity contribution in [3.05, 3.63) is 53.8 Å². The third kappa shape index (κ3) is 2.59. The van der Waals surface area contributed by atoms with Crippen molar-refractivity contribution in [1.29, 1.82) is 0 Å². The minimum atomic E-state index is -3.19. The first-order valence-electron chi connectivity index (χ1n) is 5.44. The van der Waals surface area contributed by atoms with Crippen LogP contribution in [0.1, 0.15) is 5.56 Å². The summed E-state index contributed by atoms with van der Waals surface area (Å²) in [5.41, 5.74) is 2.63. The molecule has 0 bridgehead atoms. The first-order chi connectivity index (χ1) is 8.38. The van der Waals surface area contributed by atoms with Crippen molar-refractivity contribution >= 4 is 9.84 Å². The molecule has 0 aliphatic heterocycles. The van der Waals surface area contributed by atoms with Crippen molar-refractivity contribution in [2.45, 2.75) is 11.8 Å². The van der Waals surface area contributed by atoms with Crippen molar-refractivity contribution in [2.75, 3.05) is 6.26 Å². The average Bonchev–Trinajstić information content (AvgIpc) is 2.29. The molecule has 0 unspecified atom stereocenters. The summed E-state index contributed by atoms with van der Waals surface area (Å²) in [6.07, 6.45) is 1.18. The number of hydrogen-bond donors (Lipinski definition) is 0. The van der Waals surface area contributed by atoms with Gasteiger partial charge in [0.2, 0.25) is 0 Å². The van der Waals surface area contributed by atoms with Crippen molar-refractivity contribution < 1.29 is 12.8 Å². The van der Waals surface area contributed by atoms with E-state index in [2.05, 4.69) is 0 Å². The lowest BCUT2D eigenvalue weighted by atomic mass is 10.0. The van der Waals surface area contributed by atoms with Gasteiger partial charge >= 0.3 is 0 Å². The fourth-order valence-electron chi connectivity index (χ4n) is 1.82. The average molecular weight is 264 g/mol. The Labute approximate surface area is 106 Å². The largest absolute Gasteiger partial charge is 0.224 e. The number of hydrogen-bond acceptors (Lipinski definition) is 2. The summed E-state index contributed by atoms with van der Waals surface area (Å²) in [6, 6.07) is 11.1. The van der Waals surface area contributed by atoms with Crippen molar-refractivity contribution in [3.63, 3.8) is 0 Å². The highest BCUT2D eigenvalue weighted by Gasteiger charge is 2.09. The molecule has 2 aromatic rings. The fraction of sp³-hybridized carbons (Fsp3) is 0.143. The minimum Gasteiger partial charge on any atom is -0.224 e. The van der Waals surface area contributed by atoms with E-state index in [0.29, 0.717) is 4.90 Å². The van der Waals surface area contributed by atoms with Crippen LogP contribution < -0.4 is 0 Å². The van der Waals surface area contributed by atoms with E-state index >= 15 is 0 Å². The molecule has 0 fully saturated rings. The van der Waals surface area contributed by atoms with Gasteiger partial charge in [0.1, 0.15) is 5.82 Å². The van der Waals surface area contributed by atoms with Gasteiger partial charge in [-0.15, -0.1) is 0 Å². The van der Waals surface area contributed by atoms with Crippen LogP contribution in [0.4, 0.5) is 4.39 Å². The topological polar surface area (TPSA) is 34.1 Å². The summed E-state index contributed by atoms with van der Waals surface area (Å²) < 4.78 is 35.7. The number of sulfone groups is 1. The van der Waals surface area contributed by atoms with Gasteiger partial charge in [-0.2, -0.15) is 0 Å². The number of rotatable bonds is 2. The van der Waals surface area contributed by atoms with Crippen LogP contribution >= 0.6 is 0 Å². The molecule has 2 aromatic carbocycles. The number of benzene rings is 2. The minimum absolute atomic E-state index is 0.288. The van der Waals surface area contributed by atoms with Crippen LogP contribution in [-0.4, -0.2) is 14.7 Å². The van der Waals surface area contributed by atoms with Crippen molar-refractivity contribution in [1.82, 2.24) is 0 Å². The zero-order valence-corrected chi connectivity index (χ0v) is 11.0. The zero-order valence-electron chi connectivity index (χ0n) is 10.1. The van der Waals surface area contributed by atoms with E-state index in [1.165, 1.54) is 18.4 Å². The molecule has 0 aromatic heterocycles. The van der Waals surface area contributed by atoms with Crippen LogP contribution in [0, 0.1) is 12.7 Å². The van der Waals surface area contributed by atoms with E-state index in [1.807, 2.05) is 6.92 Å². The molecular weight excluding hydrogens is 251 g/mol. The van der Waals surface area contributed by atoms with E-state index in [4.69, 9.17) is 0 Å². The van der Waals surface area contributed by atoms with Crippen molar-refractivity contribution in [2.24, 2.45) is 0 Å². The second-order valence-electron chi connectivity index (χ2n) is 4.26. The number of halogens is 1. The van der Waals surface area contributed by atoms with Gasteiger partial charge in [-0.25, -0.2) is 12.8 Å². The molecule has 0 N–H and O–H groups in total. The Hall–Kier alpha value is -1.68. The lowest BCUT2D eigenvalue weighted by Crippen LogP contribution is -1.98. The van der Waals surface area contributed by atoms with Gasteiger partial charge in [-0.1, -0.05) is 18.2 Å². The maximum absolute atomic E-state index is 12.8. The Kier molecular flexibility index (Phi) is 3.22. The molecule has 0 amide bonds. The van der Waals surface area contributed by atoms with Crippen LogP contribution in [0.3, 0.4) is 0 Å². The second kappa shape index (κ2) is 4.53. The third-order valence-electron chi connectivity index (χ3n) is 2.78. The smallest absolute Gasteiger partial charge is 0.175 e. The molecule has 2 rings (SSSR count). The fourth-order valence-corrected chi connectivity index (χ4v) is 2.53. The Morgan fingerprint density at radius 3 is 2.11 bits per heavy atom. The lowest BCUT2D eigenvalue weighted by molar-refractivity contribution is 0.602. The quantitative estimate of drug-likeness (QED) is 0.834. The van der Waals surface area contributed by atoms with Gasteiger partial charge in [0, 0.05) is 6.26 Å². The van der Waals surface area contributed by atoms with Crippen LogP contribution in [0.15, 0.2) is 47.4 Å². The lowest BCUT2D eigenvalue weighted by Gasteiger charge is -2.08. The molecule has 2 nitrogen and oxygen atoms in total. The van der Waals surface area contributed by atoms with Crippen LogP contribution in [-0.2, 0) is 9.84 Å². The Morgan fingerprint density at radius 2 is 1.61 bits per heavy atom. The highest BCUT2D eigenvalue weighted by atomic mass is 32.2. The van der Waals surface area contributed by atoms with Gasteiger partial charge in [-0.05, 0) is 47.9 Å². The van der Waals surface area contributed by atoms with E-state index in [9.17, 15) is 12.8 Å². The molecule has 0 saturated carbocycles. The molecule has 18 heavy (non-hydrogen) atoms. The molecule has 0 aliphatic rings. The summed E-state index contributed by atoms with van der Waals surface area (Å²) in [7, 11) is -3.19. The molecule has 94 valence electrons. The third-order valence-corrected chi connectivity index (χ3v) is 3.89. The summed E-state index contributed by atoms with van der Waals surface area (Å²) in [4.78, 5) is 0.297. The molecule has 0 heterocycles. The van der Waals surface area contributed by atoms with E-state index in [-0.39, 0.29) is 5.82 Å². The molecule has 0 aliphatic carbocycles.